The van der Waals surface area contributed by atoms with Crippen molar-refractivity contribution in [3.05, 3.63) is 68.4 Å². The minimum atomic E-state index is -0.307. The van der Waals surface area contributed by atoms with Gasteiger partial charge in [-0.25, -0.2) is 0 Å². The summed E-state index contributed by atoms with van der Waals surface area (Å²) < 4.78 is 6.59. The minimum absolute atomic E-state index is 0.0791. The zero-order valence-corrected chi connectivity index (χ0v) is 16.9. The van der Waals surface area contributed by atoms with E-state index in [1.807, 2.05) is 24.3 Å². The Balaban J connectivity index is 1.76. The normalized spacial score (nSPS) is 10.7. The van der Waals surface area contributed by atoms with E-state index in [2.05, 4.69) is 15.5 Å². The van der Waals surface area contributed by atoms with E-state index in [4.69, 9.17) is 27.9 Å². The average Bonchev–Trinajstić information content (AvgIpc) is 2.68. The van der Waals surface area contributed by atoms with Crippen molar-refractivity contribution < 1.29 is 4.74 Å². The van der Waals surface area contributed by atoms with E-state index in [-0.39, 0.29) is 11.4 Å². The highest BCUT2D eigenvalue weighted by atomic mass is 35.5. The highest BCUT2D eigenvalue weighted by molar-refractivity contribution is 7.98. The number of hydrogen-bond acceptors (Lipinski definition) is 6. The van der Waals surface area contributed by atoms with Crippen LogP contribution in [0.4, 0.5) is 11.5 Å². The molecule has 1 aromatic heterocycles. The monoisotopic (exact) mass is 422 g/mol. The summed E-state index contributed by atoms with van der Waals surface area (Å²) in [5.41, 5.74) is 1.27. The van der Waals surface area contributed by atoms with Gasteiger partial charge in [0.15, 0.2) is 5.16 Å². The van der Waals surface area contributed by atoms with Gasteiger partial charge in [-0.1, -0.05) is 53.2 Å². The van der Waals surface area contributed by atoms with Crippen LogP contribution in [0.15, 0.2) is 52.4 Å². The lowest BCUT2D eigenvalue weighted by atomic mass is 10.2. The molecule has 3 aromatic rings. The van der Waals surface area contributed by atoms with Crippen molar-refractivity contribution in [2.75, 3.05) is 12.4 Å². The molecule has 9 heteroatoms. The largest absolute Gasteiger partial charge is 0.497 e. The van der Waals surface area contributed by atoms with Crippen molar-refractivity contribution in [3.63, 3.8) is 0 Å². The molecule has 0 amide bonds. The van der Waals surface area contributed by atoms with Crippen LogP contribution in [-0.4, -0.2) is 21.9 Å². The van der Waals surface area contributed by atoms with Crippen LogP contribution in [0, 0.1) is 0 Å². The van der Waals surface area contributed by atoms with Crippen molar-refractivity contribution in [2.24, 2.45) is 7.05 Å². The molecule has 140 valence electrons. The lowest BCUT2D eigenvalue weighted by Crippen LogP contribution is -2.24. The second-order valence-electron chi connectivity index (χ2n) is 5.56. The number of nitrogens with zero attached hydrogens (tertiary/aromatic N) is 3. The Kier molecular flexibility index (Phi) is 6.26. The molecule has 0 bridgehead atoms. The van der Waals surface area contributed by atoms with Gasteiger partial charge in [0.25, 0.3) is 5.56 Å². The summed E-state index contributed by atoms with van der Waals surface area (Å²) in [4.78, 5) is 12.6. The van der Waals surface area contributed by atoms with Gasteiger partial charge < -0.3 is 10.1 Å². The Morgan fingerprint density at radius 3 is 2.59 bits per heavy atom. The van der Waals surface area contributed by atoms with Gasteiger partial charge in [0.05, 0.1) is 22.8 Å². The van der Waals surface area contributed by atoms with Crippen LogP contribution in [0.5, 0.6) is 5.75 Å². The molecule has 0 saturated heterocycles. The SMILES string of the molecule is COc1ccc(CSc2nnc(Nc3cccc(Cl)c3Cl)c(=O)n2C)cc1. The number of thioether (sulfide) groups is 1. The Morgan fingerprint density at radius 1 is 1.15 bits per heavy atom. The number of nitrogens with one attached hydrogen (secondary N) is 1. The summed E-state index contributed by atoms with van der Waals surface area (Å²) in [5, 5.41) is 12.3. The number of methoxy groups -OCH3 is 1. The van der Waals surface area contributed by atoms with Gasteiger partial charge in [0.1, 0.15) is 5.75 Å². The van der Waals surface area contributed by atoms with Gasteiger partial charge in [-0.2, -0.15) is 0 Å². The van der Waals surface area contributed by atoms with Gasteiger partial charge in [-0.05, 0) is 29.8 Å². The van der Waals surface area contributed by atoms with Gasteiger partial charge in [0, 0.05) is 12.8 Å². The first kappa shape index (κ1) is 19.5. The molecule has 2 aromatic carbocycles. The lowest BCUT2D eigenvalue weighted by Gasteiger charge is -2.11. The second kappa shape index (κ2) is 8.65. The number of ether oxygens (including phenoxy) is 1. The number of halogens is 2. The molecule has 0 radical (unpaired) electrons. The number of aromatic nitrogens is 3. The van der Waals surface area contributed by atoms with Crippen molar-refractivity contribution >= 4 is 46.5 Å². The molecule has 3 rings (SSSR count). The maximum atomic E-state index is 12.6. The fourth-order valence-corrected chi connectivity index (χ4v) is 3.46. The van der Waals surface area contributed by atoms with Crippen LogP contribution >= 0.6 is 35.0 Å². The van der Waals surface area contributed by atoms with Crippen molar-refractivity contribution in [3.8, 4) is 5.75 Å². The topological polar surface area (TPSA) is 69.0 Å². The maximum Gasteiger partial charge on any atom is 0.297 e. The van der Waals surface area contributed by atoms with Crippen molar-refractivity contribution in [1.29, 1.82) is 0 Å². The summed E-state index contributed by atoms with van der Waals surface area (Å²) in [7, 11) is 3.28. The fraction of sp³-hybridized carbons (Fsp3) is 0.167. The molecule has 0 atom stereocenters. The molecule has 0 spiro atoms. The molecule has 0 aliphatic rings. The smallest absolute Gasteiger partial charge is 0.297 e. The minimum Gasteiger partial charge on any atom is -0.497 e. The van der Waals surface area contributed by atoms with Crippen LogP contribution < -0.4 is 15.6 Å². The molecule has 0 fully saturated rings. The zero-order chi connectivity index (χ0) is 19.4. The first-order chi connectivity index (χ1) is 13.0. The van der Waals surface area contributed by atoms with E-state index in [9.17, 15) is 4.79 Å². The Hall–Kier alpha value is -2.22. The summed E-state index contributed by atoms with van der Waals surface area (Å²) in [6.45, 7) is 0. The summed E-state index contributed by atoms with van der Waals surface area (Å²) in [5.74, 6) is 1.53. The molecule has 0 unspecified atom stereocenters. The van der Waals surface area contributed by atoms with Crippen LogP contribution in [0.2, 0.25) is 10.0 Å². The Labute approximate surface area is 170 Å². The number of benzene rings is 2. The Morgan fingerprint density at radius 2 is 1.89 bits per heavy atom. The van der Waals surface area contributed by atoms with E-state index in [0.29, 0.717) is 26.6 Å². The molecule has 0 aliphatic heterocycles. The van der Waals surface area contributed by atoms with E-state index in [1.165, 1.54) is 16.3 Å². The van der Waals surface area contributed by atoms with Crippen LogP contribution in [-0.2, 0) is 12.8 Å². The number of anilines is 2. The summed E-state index contributed by atoms with van der Waals surface area (Å²) in [6.07, 6.45) is 0. The first-order valence-electron chi connectivity index (χ1n) is 7.90. The molecule has 0 saturated carbocycles. The first-order valence-corrected chi connectivity index (χ1v) is 9.64. The molecule has 1 heterocycles. The molecule has 0 aliphatic carbocycles. The lowest BCUT2D eigenvalue weighted by molar-refractivity contribution is 0.414. The van der Waals surface area contributed by atoms with Crippen molar-refractivity contribution in [1.82, 2.24) is 14.8 Å². The second-order valence-corrected chi connectivity index (χ2v) is 7.29. The molecular weight excluding hydrogens is 407 g/mol. The maximum absolute atomic E-state index is 12.6. The highest BCUT2D eigenvalue weighted by Crippen LogP contribution is 2.30. The highest BCUT2D eigenvalue weighted by Gasteiger charge is 2.12. The van der Waals surface area contributed by atoms with Gasteiger partial charge in [-0.15, -0.1) is 10.2 Å². The zero-order valence-electron chi connectivity index (χ0n) is 14.6. The third-order valence-electron chi connectivity index (χ3n) is 3.76. The van der Waals surface area contributed by atoms with Crippen molar-refractivity contribution in [2.45, 2.75) is 10.9 Å². The number of hydrogen-bond donors (Lipinski definition) is 1. The Bertz CT molecular complexity index is 1010. The molecule has 1 N–H and O–H groups in total. The average molecular weight is 423 g/mol. The standard InChI is InChI=1S/C18H16Cl2N4O2S/c1-24-17(25)16(21-14-5-3-4-13(19)15(14)20)22-23-18(24)27-10-11-6-8-12(26-2)9-7-11/h3-9H,10H2,1-2H3,(H,21,22). The van der Waals surface area contributed by atoms with E-state index < -0.39 is 0 Å². The fourth-order valence-electron chi connectivity index (χ4n) is 2.25. The van der Waals surface area contributed by atoms with Gasteiger partial charge in [-0.3, -0.25) is 9.36 Å². The van der Waals surface area contributed by atoms with Crippen LogP contribution in [0.1, 0.15) is 5.56 Å². The van der Waals surface area contributed by atoms with Crippen LogP contribution in [0.25, 0.3) is 0 Å². The third kappa shape index (κ3) is 4.55. The molecule has 6 nitrogen and oxygen atoms in total. The molecular formula is C18H16Cl2N4O2S. The quantitative estimate of drug-likeness (QED) is 0.588. The van der Waals surface area contributed by atoms with Crippen LogP contribution in [0.3, 0.4) is 0 Å². The third-order valence-corrected chi connectivity index (χ3v) is 5.67. The molecule has 27 heavy (non-hydrogen) atoms. The summed E-state index contributed by atoms with van der Waals surface area (Å²) >= 11 is 13.6. The van der Waals surface area contributed by atoms with E-state index in [0.717, 1.165) is 11.3 Å². The van der Waals surface area contributed by atoms with E-state index >= 15 is 0 Å². The predicted molar refractivity (Wildman–Crippen MR) is 110 cm³/mol. The number of rotatable bonds is 6. The summed E-state index contributed by atoms with van der Waals surface area (Å²) in [6, 6.07) is 12.8. The van der Waals surface area contributed by atoms with Gasteiger partial charge in [0.2, 0.25) is 5.82 Å². The van der Waals surface area contributed by atoms with Gasteiger partial charge >= 0.3 is 0 Å². The predicted octanol–water partition coefficient (Wildman–Crippen LogP) is 4.53. The van der Waals surface area contributed by atoms with E-state index in [1.54, 1.807) is 32.4 Å².